The molecule has 2 aromatic carbocycles. The molecule has 0 bridgehead atoms. The van der Waals surface area contributed by atoms with Crippen molar-refractivity contribution in [3.8, 4) is 11.5 Å². The third-order valence-corrected chi connectivity index (χ3v) is 6.26. The zero-order valence-corrected chi connectivity index (χ0v) is 19.9. The number of carbonyl (C=O) groups is 2. The molecular formula is C26H23ClN2O5. The number of hydrogen-bond donors (Lipinski definition) is 1. The molecule has 1 N–H and O–H groups in total. The minimum Gasteiger partial charge on any atom is -0.507 e. The maximum atomic E-state index is 13.3. The molecule has 0 saturated carbocycles. The molecule has 1 fully saturated rings. The fraction of sp³-hybridized carbons (Fsp3) is 0.192. The van der Waals surface area contributed by atoms with Gasteiger partial charge in [-0.05, 0) is 60.9 Å². The van der Waals surface area contributed by atoms with Crippen LogP contribution in [-0.2, 0) is 9.59 Å². The van der Waals surface area contributed by atoms with Crippen LogP contribution in [0.3, 0.4) is 0 Å². The van der Waals surface area contributed by atoms with E-state index in [-0.39, 0.29) is 21.9 Å². The highest BCUT2D eigenvalue weighted by molar-refractivity contribution is 6.51. The van der Waals surface area contributed by atoms with Crippen LogP contribution in [-0.4, -0.2) is 36.0 Å². The van der Waals surface area contributed by atoms with E-state index in [0.29, 0.717) is 17.0 Å². The molecule has 0 radical (unpaired) electrons. The van der Waals surface area contributed by atoms with E-state index in [1.807, 2.05) is 26.0 Å². The van der Waals surface area contributed by atoms with Crippen molar-refractivity contribution in [1.29, 1.82) is 0 Å². The quantitative estimate of drug-likeness (QED) is 0.315. The zero-order valence-electron chi connectivity index (χ0n) is 19.1. The van der Waals surface area contributed by atoms with Gasteiger partial charge in [0, 0.05) is 24.1 Å². The summed E-state index contributed by atoms with van der Waals surface area (Å²) in [6.45, 7) is 3.90. The lowest BCUT2D eigenvalue weighted by atomic mass is 9.95. The number of rotatable bonds is 5. The van der Waals surface area contributed by atoms with Gasteiger partial charge >= 0.3 is 0 Å². The smallest absolute Gasteiger partial charge is 0.300 e. The highest BCUT2D eigenvalue weighted by atomic mass is 35.5. The largest absolute Gasteiger partial charge is 0.507 e. The average molecular weight is 479 g/mol. The van der Waals surface area contributed by atoms with Crippen LogP contribution in [0.2, 0.25) is 5.02 Å². The molecule has 4 rings (SSSR count). The van der Waals surface area contributed by atoms with E-state index in [2.05, 4.69) is 4.98 Å². The van der Waals surface area contributed by atoms with E-state index in [4.69, 9.17) is 21.1 Å². The Morgan fingerprint density at radius 2 is 1.65 bits per heavy atom. The molecule has 174 valence electrons. The minimum absolute atomic E-state index is 0.0750. The van der Waals surface area contributed by atoms with Gasteiger partial charge in [0.25, 0.3) is 11.7 Å². The van der Waals surface area contributed by atoms with Crippen molar-refractivity contribution in [2.45, 2.75) is 19.9 Å². The molecule has 1 atom stereocenters. The van der Waals surface area contributed by atoms with Gasteiger partial charge in [0.2, 0.25) is 0 Å². The van der Waals surface area contributed by atoms with E-state index in [1.54, 1.807) is 30.6 Å². The second kappa shape index (κ2) is 9.19. The van der Waals surface area contributed by atoms with E-state index in [9.17, 15) is 14.7 Å². The van der Waals surface area contributed by atoms with E-state index in [1.165, 1.54) is 31.3 Å². The molecule has 0 spiro atoms. The maximum absolute atomic E-state index is 13.3. The number of anilines is 1. The minimum atomic E-state index is -0.879. The third kappa shape index (κ3) is 3.88. The number of ketones is 1. The molecule has 1 unspecified atom stereocenters. The monoisotopic (exact) mass is 478 g/mol. The first-order valence-corrected chi connectivity index (χ1v) is 10.9. The lowest BCUT2D eigenvalue weighted by Gasteiger charge is -2.26. The fourth-order valence-corrected chi connectivity index (χ4v) is 4.27. The summed E-state index contributed by atoms with van der Waals surface area (Å²) in [4.78, 5) is 32.1. The van der Waals surface area contributed by atoms with Crippen molar-refractivity contribution in [3.63, 3.8) is 0 Å². The number of Topliss-reactive ketones (excluding diaryl/α,β-unsaturated/α-hetero) is 1. The van der Waals surface area contributed by atoms with Gasteiger partial charge in [0.15, 0.2) is 0 Å². The highest BCUT2D eigenvalue weighted by Crippen LogP contribution is 2.44. The molecule has 8 heteroatoms. The first-order valence-electron chi connectivity index (χ1n) is 10.5. The Morgan fingerprint density at radius 1 is 0.971 bits per heavy atom. The Kier molecular flexibility index (Phi) is 6.30. The molecule has 7 nitrogen and oxygen atoms in total. The van der Waals surface area contributed by atoms with Gasteiger partial charge in [0.1, 0.15) is 17.3 Å². The predicted octanol–water partition coefficient (Wildman–Crippen LogP) is 5.00. The molecule has 2 heterocycles. The molecule has 1 saturated heterocycles. The first-order chi connectivity index (χ1) is 16.3. The molecular weight excluding hydrogens is 456 g/mol. The van der Waals surface area contributed by atoms with Crippen molar-refractivity contribution in [1.82, 2.24) is 4.98 Å². The van der Waals surface area contributed by atoms with Crippen molar-refractivity contribution < 1.29 is 24.2 Å². The standard InChI is InChI=1S/C26H23ClN2O5/c1-14-5-6-17(11-15(14)2)29-23(16-7-9-28-10-8-16)22(25(31)26(29)32)24(30)18-12-19(27)21(34-4)13-20(18)33-3/h5-13,23,30H,1-4H3/b24-22+. The number of aryl methyl sites for hydroxylation is 2. The van der Waals surface area contributed by atoms with Gasteiger partial charge in [-0.1, -0.05) is 17.7 Å². The number of amides is 1. The summed E-state index contributed by atoms with van der Waals surface area (Å²) in [6.07, 6.45) is 3.14. The zero-order chi connectivity index (χ0) is 24.6. The number of aromatic nitrogens is 1. The van der Waals surface area contributed by atoms with Gasteiger partial charge in [0.05, 0.1) is 36.4 Å². The van der Waals surface area contributed by atoms with Crippen LogP contribution in [0.1, 0.15) is 28.3 Å². The Hall–Kier alpha value is -3.84. The number of nitrogens with zero attached hydrogens (tertiary/aromatic N) is 2. The van der Waals surface area contributed by atoms with Gasteiger partial charge in [-0.3, -0.25) is 19.5 Å². The summed E-state index contributed by atoms with van der Waals surface area (Å²) in [5, 5.41) is 11.6. The van der Waals surface area contributed by atoms with Gasteiger partial charge in [-0.25, -0.2) is 0 Å². The molecule has 34 heavy (non-hydrogen) atoms. The van der Waals surface area contributed by atoms with Crippen LogP contribution in [0, 0.1) is 13.8 Å². The van der Waals surface area contributed by atoms with E-state index in [0.717, 1.165) is 11.1 Å². The van der Waals surface area contributed by atoms with Crippen molar-refractivity contribution in [3.05, 3.63) is 87.7 Å². The van der Waals surface area contributed by atoms with Crippen molar-refractivity contribution in [2.75, 3.05) is 19.1 Å². The van der Waals surface area contributed by atoms with Gasteiger partial charge in [-0.15, -0.1) is 0 Å². The number of pyridine rings is 1. The number of carbonyl (C=O) groups excluding carboxylic acids is 2. The lowest BCUT2D eigenvalue weighted by molar-refractivity contribution is -0.132. The molecule has 3 aromatic rings. The summed E-state index contributed by atoms with van der Waals surface area (Å²) >= 11 is 6.30. The highest BCUT2D eigenvalue weighted by Gasteiger charge is 2.47. The van der Waals surface area contributed by atoms with Crippen LogP contribution < -0.4 is 14.4 Å². The van der Waals surface area contributed by atoms with Gasteiger partial charge in [-0.2, -0.15) is 0 Å². The molecule has 0 aliphatic carbocycles. The summed E-state index contributed by atoms with van der Waals surface area (Å²) in [5.41, 5.74) is 3.28. The third-order valence-electron chi connectivity index (χ3n) is 5.96. The van der Waals surface area contributed by atoms with Crippen molar-refractivity contribution in [2.24, 2.45) is 0 Å². The Morgan fingerprint density at radius 3 is 2.26 bits per heavy atom. The van der Waals surface area contributed by atoms with Crippen LogP contribution >= 0.6 is 11.6 Å². The number of methoxy groups -OCH3 is 2. The van der Waals surface area contributed by atoms with Crippen LogP contribution in [0.4, 0.5) is 5.69 Å². The number of ether oxygens (including phenoxy) is 2. The van der Waals surface area contributed by atoms with Crippen molar-refractivity contribution >= 4 is 34.7 Å². The average Bonchev–Trinajstić information content (AvgIpc) is 3.11. The fourth-order valence-electron chi connectivity index (χ4n) is 4.03. The number of hydrogen-bond acceptors (Lipinski definition) is 6. The molecule has 1 aliphatic rings. The molecule has 1 aliphatic heterocycles. The number of aliphatic hydroxyl groups is 1. The van der Waals surface area contributed by atoms with E-state index < -0.39 is 23.5 Å². The maximum Gasteiger partial charge on any atom is 0.300 e. The summed E-state index contributed by atoms with van der Waals surface area (Å²) in [7, 11) is 2.88. The normalized spacial score (nSPS) is 17.2. The topological polar surface area (TPSA) is 89.0 Å². The van der Waals surface area contributed by atoms with E-state index >= 15 is 0 Å². The van der Waals surface area contributed by atoms with Crippen LogP contribution in [0.5, 0.6) is 11.5 Å². The summed E-state index contributed by atoms with van der Waals surface area (Å²) in [6, 6.07) is 11.0. The summed E-state index contributed by atoms with van der Waals surface area (Å²) in [5.74, 6) is -1.37. The SMILES string of the molecule is COc1cc(OC)c(/C(O)=C2\C(=O)C(=O)N(c3ccc(C)c(C)c3)C2c2ccncc2)cc1Cl. The Labute approximate surface area is 202 Å². The first kappa shape index (κ1) is 23.3. The second-order valence-corrected chi connectivity index (χ2v) is 8.31. The lowest BCUT2D eigenvalue weighted by Crippen LogP contribution is -2.29. The number of aliphatic hydroxyl groups excluding tert-OH is 1. The summed E-state index contributed by atoms with van der Waals surface area (Å²) < 4.78 is 10.6. The second-order valence-electron chi connectivity index (χ2n) is 7.91. The van der Waals surface area contributed by atoms with Gasteiger partial charge < -0.3 is 14.6 Å². The molecule has 1 aromatic heterocycles. The predicted molar refractivity (Wildman–Crippen MR) is 129 cm³/mol. The number of benzene rings is 2. The van der Waals surface area contributed by atoms with Crippen LogP contribution in [0.25, 0.3) is 5.76 Å². The Bertz CT molecular complexity index is 1320. The van der Waals surface area contributed by atoms with Crippen LogP contribution in [0.15, 0.2) is 60.4 Å². The number of halogens is 1. The Balaban J connectivity index is 1.98. The molecule has 1 amide bonds.